The third-order valence-corrected chi connectivity index (χ3v) is 5.95. The van der Waals surface area contributed by atoms with Gasteiger partial charge >= 0.3 is 5.97 Å². The third kappa shape index (κ3) is 6.90. The number of azide groups is 1. The number of nitrogens with zero attached hydrogens (tertiary/aromatic N) is 4. The number of rotatable bonds is 11. The highest BCUT2D eigenvalue weighted by molar-refractivity contribution is 5.87. The van der Waals surface area contributed by atoms with Gasteiger partial charge in [0, 0.05) is 42.4 Å². The minimum atomic E-state index is -0.784. The summed E-state index contributed by atoms with van der Waals surface area (Å²) >= 11 is 0. The number of carboxylic acid groups (broad SMARTS) is 1. The summed E-state index contributed by atoms with van der Waals surface area (Å²) in [4.78, 5) is 28.6. The molecule has 0 aromatic heterocycles. The number of allylic oxidation sites excluding steroid dienone is 2. The molecule has 172 valence electrons. The second kappa shape index (κ2) is 12.4. The summed E-state index contributed by atoms with van der Waals surface area (Å²) in [6.45, 7) is 3.12. The molecule has 1 aliphatic carbocycles. The lowest BCUT2D eigenvalue weighted by Gasteiger charge is -2.35. The second-order valence-corrected chi connectivity index (χ2v) is 8.13. The fraction of sp³-hybridized carbons (Fsp3) is 0.565. The van der Waals surface area contributed by atoms with E-state index in [1.165, 1.54) is 0 Å². The zero-order valence-electron chi connectivity index (χ0n) is 18.1. The molecule has 2 aliphatic rings. The SMILES string of the molecule is [N-]=[N+]=Nc1ccc(CO[C@@H]2CC(=O)[C@@H](N3CCOCC3)[C@@H]2CC=CCCCC(=O)O)cc1. The van der Waals surface area contributed by atoms with Crippen LogP contribution < -0.4 is 0 Å². The molecule has 1 aromatic carbocycles. The number of ketones is 1. The number of morpholine rings is 1. The highest BCUT2D eigenvalue weighted by Gasteiger charge is 2.45. The van der Waals surface area contributed by atoms with Gasteiger partial charge in [0.2, 0.25) is 0 Å². The molecular weight excluding hydrogens is 412 g/mol. The monoisotopic (exact) mass is 442 g/mol. The van der Waals surface area contributed by atoms with E-state index in [1.807, 2.05) is 18.2 Å². The van der Waals surface area contributed by atoms with Gasteiger partial charge in [-0.1, -0.05) is 41.5 Å². The molecule has 1 aliphatic heterocycles. The van der Waals surface area contributed by atoms with Gasteiger partial charge in [0.25, 0.3) is 0 Å². The number of carbonyl (C=O) groups excluding carboxylic acids is 1. The number of hydrogen-bond acceptors (Lipinski definition) is 6. The fourth-order valence-corrected chi connectivity index (χ4v) is 4.36. The molecule has 0 radical (unpaired) electrons. The predicted octanol–water partition coefficient (Wildman–Crippen LogP) is 4.00. The third-order valence-electron chi connectivity index (χ3n) is 5.95. The van der Waals surface area contributed by atoms with Crippen LogP contribution in [0.2, 0.25) is 0 Å². The number of benzene rings is 1. The molecule has 1 N–H and O–H groups in total. The maximum absolute atomic E-state index is 12.9. The van der Waals surface area contributed by atoms with Crippen molar-refractivity contribution >= 4 is 17.4 Å². The Morgan fingerprint density at radius 3 is 2.72 bits per heavy atom. The number of unbranched alkanes of at least 4 members (excludes halogenated alkanes) is 1. The Hall–Kier alpha value is -2.71. The Bertz CT molecular complexity index is 844. The van der Waals surface area contributed by atoms with Crippen LogP contribution in [0.1, 0.15) is 37.7 Å². The lowest BCUT2D eigenvalue weighted by molar-refractivity contribution is -0.137. The molecule has 32 heavy (non-hydrogen) atoms. The summed E-state index contributed by atoms with van der Waals surface area (Å²) in [7, 11) is 0. The first-order valence-corrected chi connectivity index (χ1v) is 11.1. The summed E-state index contributed by atoms with van der Waals surface area (Å²) in [6.07, 6.45) is 6.45. The Labute approximate surface area is 187 Å². The van der Waals surface area contributed by atoms with Gasteiger partial charge in [-0.2, -0.15) is 0 Å². The van der Waals surface area contributed by atoms with Gasteiger partial charge in [0.15, 0.2) is 5.78 Å². The van der Waals surface area contributed by atoms with Crippen molar-refractivity contribution in [3.8, 4) is 0 Å². The van der Waals surface area contributed by atoms with E-state index >= 15 is 0 Å². The number of aliphatic carboxylic acids is 1. The molecular formula is C23H30N4O5. The minimum absolute atomic E-state index is 0.0405. The Kier molecular flexibility index (Phi) is 9.25. The Morgan fingerprint density at radius 1 is 1.28 bits per heavy atom. The van der Waals surface area contributed by atoms with E-state index in [1.54, 1.807) is 12.1 Å². The second-order valence-electron chi connectivity index (χ2n) is 8.13. The minimum Gasteiger partial charge on any atom is -0.481 e. The maximum atomic E-state index is 12.9. The van der Waals surface area contributed by atoms with E-state index in [0.717, 1.165) is 18.7 Å². The van der Waals surface area contributed by atoms with Crippen LogP contribution in [0.25, 0.3) is 10.4 Å². The summed E-state index contributed by atoms with van der Waals surface area (Å²) in [5.41, 5.74) is 10.0. The lowest BCUT2D eigenvalue weighted by atomic mass is 9.95. The van der Waals surface area contributed by atoms with E-state index in [-0.39, 0.29) is 30.3 Å². The number of Topliss-reactive ketones (excluding diaryl/α,β-unsaturated/α-hetero) is 1. The van der Waals surface area contributed by atoms with Crippen molar-refractivity contribution in [3.05, 3.63) is 52.4 Å². The van der Waals surface area contributed by atoms with Crippen molar-refractivity contribution in [1.82, 2.24) is 4.90 Å². The molecule has 2 fully saturated rings. The van der Waals surface area contributed by atoms with Crippen LogP contribution in [0, 0.1) is 5.92 Å². The molecule has 1 saturated heterocycles. The Morgan fingerprint density at radius 2 is 2.03 bits per heavy atom. The summed E-state index contributed by atoms with van der Waals surface area (Å²) < 4.78 is 11.7. The van der Waals surface area contributed by atoms with Crippen LogP contribution in [0.4, 0.5) is 5.69 Å². The van der Waals surface area contributed by atoms with Crippen molar-refractivity contribution in [2.45, 2.75) is 50.9 Å². The maximum Gasteiger partial charge on any atom is 0.303 e. The molecule has 0 unspecified atom stereocenters. The highest BCUT2D eigenvalue weighted by atomic mass is 16.5. The number of carbonyl (C=O) groups is 2. The smallest absolute Gasteiger partial charge is 0.303 e. The molecule has 3 atom stereocenters. The predicted molar refractivity (Wildman–Crippen MR) is 118 cm³/mol. The van der Waals surface area contributed by atoms with Gasteiger partial charge < -0.3 is 14.6 Å². The van der Waals surface area contributed by atoms with Crippen LogP contribution in [-0.4, -0.2) is 60.2 Å². The summed E-state index contributed by atoms with van der Waals surface area (Å²) in [5, 5.41) is 12.3. The van der Waals surface area contributed by atoms with Gasteiger partial charge in [0.05, 0.1) is 32.0 Å². The first-order chi connectivity index (χ1) is 15.6. The summed E-state index contributed by atoms with van der Waals surface area (Å²) in [6, 6.07) is 7.02. The van der Waals surface area contributed by atoms with Gasteiger partial charge in [0.1, 0.15) is 0 Å². The van der Waals surface area contributed by atoms with Crippen molar-refractivity contribution in [2.24, 2.45) is 11.0 Å². The molecule has 1 aromatic rings. The summed E-state index contributed by atoms with van der Waals surface area (Å²) in [5.74, 6) is -0.535. The topological polar surface area (TPSA) is 125 Å². The number of ether oxygens (including phenoxy) is 2. The van der Waals surface area contributed by atoms with Crippen molar-refractivity contribution < 1.29 is 24.2 Å². The highest BCUT2D eigenvalue weighted by Crippen LogP contribution is 2.34. The number of hydrogen-bond donors (Lipinski definition) is 1. The molecule has 0 spiro atoms. The van der Waals surface area contributed by atoms with Crippen LogP contribution in [0.3, 0.4) is 0 Å². The van der Waals surface area contributed by atoms with Gasteiger partial charge in [-0.3, -0.25) is 14.5 Å². The fourth-order valence-electron chi connectivity index (χ4n) is 4.36. The normalized spacial score (nSPS) is 24.0. The average molecular weight is 443 g/mol. The molecule has 9 nitrogen and oxygen atoms in total. The van der Waals surface area contributed by atoms with E-state index in [9.17, 15) is 9.59 Å². The number of carboxylic acids is 1. The van der Waals surface area contributed by atoms with E-state index in [2.05, 4.69) is 21.0 Å². The van der Waals surface area contributed by atoms with Crippen LogP contribution >= 0.6 is 0 Å². The van der Waals surface area contributed by atoms with Crippen molar-refractivity contribution in [3.63, 3.8) is 0 Å². The first kappa shape index (κ1) is 23.9. The molecule has 3 rings (SSSR count). The van der Waals surface area contributed by atoms with Crippen LogP contribution in [-0.2, 0) is 25.7 Å². The quantitative estimate of drug-likeness (QED) is 0.181. The van der Waals surface area contributed by atoms with Crippen LogP contribution in [0.5, 0.6) is 0 Å². The standard InChI is InChI=1S/C23H30N4O5/c24-26-25-18-9-7-17(8-10-18)16-32-21-15-20(28)23(27-11-13-31-14-12-27)19(21)5-3-1-2-4-6-22(29)30/h1,3,7-10,19,21,23H,2,4-6,11-16H2,(H,29,30)/t19-,21-,23+/m1/s1. The molecule has 1 heterocycles. The zero-order valence-corrected chi connectivity index (χ0v) is 18.1. The van der Waals surface area contributed by atoms with Crippen molar-refractivity contribution in [1.29, 1.82) is 0 Å². The molecule has 0 bridgehead atoms. The lowest BCUT2D eigenvalue weighted by Crippen LogP contribution is -2.49. The zero-order chi connectivity index (χ0) is 22.8. The van der Waals surface area contributed by atoms with Gasteiger partial charge in [-0.25, -0.2) is 0 Å². The van der Waals surface area contributed by atoms with Crippen molar-refractivity contribution in [2.75, 3.05) is 26.3 Å². The largest absolute Gasteiger partial charge is 0.481 e. The van der Waals surface area contributed by atoms with Gasteiger partial charge in [-0.05, 0) is 30.4 Å². The van der Waals surface area contributed by atoms with E-state index < -0.39 is 5.97 Å². The first-order valence-electron chi connectivity index (χ1n) is 11.1. The Balaban J connectivity index is 1.63. The van der Waals surface area contributed by atoms with E-state index in [4.69, 9.17) is 20.1 Å². The molecule has 0 amide bonds. The van der Waals surface area contributed by atoms with Crippen LogP contribution in [0.15, 0.2) is 41.5 Å². The average Bonchev–Trinajstić information content (AvgIpc) is 3.11. The molecule has 1 saturated carbocycles. The van der Waals surface area contributed by atoms with Gasteiger partial charge in [-0.15, -0.1) is 0 Å². The van der Waals surface area contributed by atoms with E-state index in [0.29, 0.717) is 51.2 Å². The molecule has 9 heteroatoms.